The van der Waals surface area contributed by atoms with Gasteiger partial charge < -0.3 is 0 Å². The number of rotatable bonds is 3. The van der Waals surface area contributed by atoms with Gasteiger partial charge in [-0.1, -0.05) is 11.6 Å². The molecular weight excluding hydrogens is 442 g/mol. The maximum Gasteiger partial charge on any atom is 0.431 e. The smallest absolute Gasteiger partial charge is 0.292 e. The summed E-state index contributed by atoms with van der Waals surface area (Å²) in [7, 11) is -3.39. The number of hydrogen-bond acceptors (Lipinski definition) is 4. The van der Waals surface area contributed by atoms with E-state index in [4.69, 9.17) is 11.6 Å². The molecule has 1 aromatic heterocycles. The van der Waals surface area contributed by atoms with Crippen LogP contribution in [0, 0.1) is 5.82 Å². The van der Waals surface area contributed by atoms with E-state index in [0.29, 0.717) is 25.0 Å². The van der Waals surface area contributed by atoms with Gasteiger partial charge in [-0.25, -0.2) is 22.2 Å². The zero-order chi connectivity index (χ0) is 21.7. The van der Waals surface area contributed by atoms with Gasteiger partial charge in [0.05, 0.1) is 10.7 Å². The highest BCUT2D eigenvalue weighted by molar-refractivity contribution is 7.89. The van der Waals surface area contributed by atoms with Gasteiger partial charge in [-0.05, 0) is 25.0 Å². The lowest BCUT2D eigenvalue weighted by molar-refractivity contribution is -0.144. The summed E-state index contributed by atoms with van der Waals surface area (Å²) in [6.45, 7) is 0.431. The number of benzene rings is 1. The van der Waals surface area contributed by atoms with Crippen molar-refractivity contribution >= 4 is 21.6 Å². The Kier molecular flexibility index (Phi) is 5.39. The van der Waals surface area contributed by atoms with Crippen molar-refractivity contribution in [1.82, 2.24) is 13.4 Å². The van der Waals surface area contributed by atoms with Crippen molar-refractivity contribution in [1.29, 1.82) is 0 Å². The zero-order valence-electron chi connectivity index (χ0n) is 14.8. The fourth-order valence-corrected chi connectivity index (χ4v) is 5.10. The minimum absolute atomic E-state index is 0.129. The topological polar surface area (TPSA) is 81.4 Å². The van der Waals surface area contributed by atoms with Crippen LogP contribution in [0.2, 0.25) is 5.02 Å². The van der Waals surface area contributed by atoms with Crippen molar-refractivity contribution in [3.63, 3.8) is 0 Å². The lowest BCUT2D eigenvalue weighted by atomic mass is 10.3. The molecule has 0 atom stereocenters. The van der Waals surface area contributed by atoms with E-state index in [1.54, 1.807) is 0 Å². The largest absolute Gasteiger partial charge is 0.431 e. The number of aromatic nitrogens is 2. The molecule has 2 heterocycles. The Morgan fingerprint density at radius 1 is 1.07 bits per heavy atom. The maximum absolute atomic E-state index is 14.5. The third-order valence-corrected chi connectivity index (χ3v) is 6.90. The van der Waals surface area contributed by atoms with E-state index in [9.17, 15) is 35.6 Å². The molecule has 2 aromatic rings. The minimum atomic E-state index is -4.99. The first-order valence-electron chi connectivity index (χ1n) is 8.25. The predicted molar refractivity (Wildman–Crippen MR) is 95.2 cm³/mol. The van der Waals surface area contributed by atoms with Gasteiger partial charge in [0.15, 0.2) is 0 Å². The third-order valence-electron chi connectivity index (χ3n) is 4.54. The molecule has 1 aliphatic heterocycles. The van der Waals surface area contributed by atoms with Crippen LogP contribution in [0.3, 0.4) is 0 Å². The second kappa shape index (κ2) is 7.26. The third kappa shape index (κ3) is 3.71. The number of alkyl halides is 3. The number of sulfonamides is 1. The normalized spacial score (nSPS) is 15.8. The van der Waals surface area contributed by atoms with Crippen LogP contribution in [0.1, 0.15) is 18.5 Å². The summed E-state index contributed by atoms with van der Waals surface area (Å²) in [6, 6.07) is 1.41. The first-order chi connectivity index (χ1) is 13.4. The molecule has 0 aliphatic carbocycles. The minimum Gasteiger partial charge on any atom is -0.292 e. The summed E-state index contributed by atoms with van der Waals surface area (Å²) >= 11 is 5.88. The van der Waals surface area contributed by atoms with E-state index < -0.39 is 54.6 Å². The van der Waals surface area contributed by atoms with Gasteiger partial charge >= 0.3 is 11.9 Å². The molecule has 1 fully saturated rings. The Balaban J connectivity index is 2.28. The molecule has 0 bridgehead atoms. The van der Waals surface area contributed by atoms with Crippen molar-refractivity contribution < 1.29 is 26.0 Å². The van der Waals surface area contributed by atoms with Crippen molar-refractivity contribution in [2.45, 2.75) is 23.9 Å². The lowest BCUT2D eigenvalue weighted by Crippen LogP contribution is -2.41. The van der Waals surface area contributed by atoms with Gasteiger partial charge in [-0.3, -0.25) is 9.36 Å². The molecule has 29 heavy (non-hydrogen) atoms. The van der Waals surface area contributed by atoms with E-state index in [-0.39, 0.29) is 28.3 Å². The van der Waals surface area contributed by atoms with E-state index in [1.807, 2.05) is 0 Å². The van der Waals surface area contributed by atoms with Gasteiger partial charge in [-0.2, -0.15) is 17.5 Å². The average Bonchev–Trinajstić information content (AvgIpc) is 3.14. The van der Waals surface area contributed by atoms with E-state index >= 15 is 0 Å². The van der Waals surface area contributed by atoms with Crippen LogP contribution in [0.25, 0.3) is 5.69 Å². The first kappa shape index (κ1) is 21.5. The van der Waals surface area contributed by atoms with Crippen molar-refractivity contribution in [3.8, 4) is 5.69 Å². The number of hydrogen-bond donors (Lipinski definition) is 0. The summed E-state index contributed by atoms with van der Waals surface area (Å²) < 4.78 is 80.4. The van der Waals surface area contributed by atoms with Crippen LogP contribution in [-0.2, 0) is 23.2 Å². The van der Waals surface area contributed by atoms with Gasteiger partial charge in [0.1, 0.15) is 16.4 Å². The molecule has 0 unspecified atom stereocenters. The molecule has 0 radical (unpaired) electrons. The molecule has 0 spiro atoms. The average molecular weight is 456 g/mol. The van der Waals surface area contributed by atoms with E-state index in [2.05, 4.69) is 0 Å². The Morgan fingerprint density at radius 2 is 1.66 bits per heavy atom. The Morgan fingerprint density at radius 3 is 2.21 bits per heavy atom. The molecule has 1 aliphatic rings. The molecule has 0 N–H and O–H groups in total. The molecule has 158 valence electrons. The van der Waals surface area contributed by atoms with Crippen LogP contribution in [0.15, 0.2) is 32.7 Å². The quantitative estimate of drug-likeness (QED) is 0.664. The number of halogens is 5. The lowest BCUT2D eigenvalue weighted by Gasteiger charge is -2.18. The fourth-order valence-electron chi connectivity index (χ4n) is 3.07. The first-order valence-corrected chi connectivity index (χ1v) is 10.1. The molecule has 13 heteroatoms. The van der Waals surface area contributed by atoms with E-state index in [0.717, 1.165) is 11.4 Å². The highest BCUT2D eigenvalue weighted by Gasteiger charge is 2.36. The Labute approximate surface area is 166 Å². The van der Waals surface area contributed by atoms with E-state index in [1.165, 1.54) is 0 Å². The van der Waals surface area contributed by atoms with Gasteiger partial charge in [0, 0.05) is 26.2 Å². The SMILES string of the molecule is Cn1c(C(F)(F)F)cc(=O)n(-c2cc(S(=O)(=O)N3CCCC3)c(Cl)cc2F)c1=O. The Hall–Kier alpha value is -2.18. The summed E-state index contributed by atoms with van der Waals surface area (Å²) in [5, 5.41) is -0.477. The van der Waals surface area contributed by atoms with Crippen LogP contribution in [-0.4, -0.2) is 34.9 Å². The highest BCUT2D eigenvalue weighted by atomic mass is 35.5. The summed E-state index contributed by atoms with van der Waals surface area (Å²) in [4.78, 5) is 24.0. The van der Waals surface area contributed by atoms with Gasteiger partial charge in [-0.15, -0.1) is 0 Å². The van der Waals surface area contributed by atoms with Crippen LogP contribution >= 0.6 is 11.6 Å². The molecule has 1 saturated heterocycles. The van der Waals surface area contributed by atoms with Gasteiger partial charge in [0.25, 0.3) is 5.56 Å². The van der Waals surface area contributed by atoms with Crippen molar-refractivity contribution in [2.24, 2.45) is 7.05 Å². The molecule has 0 amide bonds. The molecule has 3 rings (SSSR count). The monoisotopic (exact) mass is 455 g/mol. The Bertz CT molecular complexity index is 1200. The van der Waals surface area contributed by atoms with Crippen LogP contribution < -0.4 is 11.2 Å². The highest BCUT2D eigenvalue weighted by Crippen LogP contribution is 2.31. The maximum atomic E-state index is 14.5. The standard InChI is InChI=1S/C16H14ClF4N3O4S/c1-22-13(16(19,20)21)8-14(25)24(15(22)26)11-7-12(9(17)6-10(11)18)29(27,28)23-4-2-3-5-23/h6-8H,2-5H2,1H3. The summed E-state index contributed by atoms with van der Waals surface area (Å²) in [5.41, 5.74) is -5.30. The zero-order valence-corrected chi connectivity index (χ0v) is 16.4. The molecule has 1 aromatic carbocycles. The summed E-state index contributed by atoms with van der Waals surface area (Å²) in [5.74, 6) is -1.24. The predicted octanol–water partition coefficient (Wildman–Crippen LogP) is 2.13. The second-order valence-corrected chi connectivity index (χ2v) is 8.70. The van der Waals surface area contributed by atoms with Crippen molar-refractivity contribution in [3.05, 3.63) is 55.6 Å². The molecular formula is C16H14ClF4N3O4S. The molecule has 7 nitrogen and oxygen atoms in total. The fraction of sp³-hybridized carbons (Fsp3) is 0.375. The second-order valence-electron chi connectivity index (χ2n) is 6.39. The van der Waals surface area contributed by atoms with Crippen LogP contribution in [0.4, 0.5) is 17.6 Å². The van der Waals surface area contributed by atoms with Crippen LogP contribution in [0.5, 0.6) is 0 Å². The van der Waals surface area contributed by atoms with Gasteiger partial charge in [0.2, 0.25) is 10.0 Å². The summed E-state index contributed by atoms with van der Waals surface area (Å²) in [6.07, 6.45) is -3.76. The van der Waals surface area contributed by atoms with Crippen molar-refractivity contribution in [2.75, 3.05) is 13.1 Å². The molecule has 0 saturated carbocycles. The number of nitrogens with zero attached hydrogens (tertiary/aromatic N) is 3.